The first-order valence-electron chi connectivity index (χ1n) is 8.33. The van der Waals surface area contributed by atoms with Crippen LogP contribution in [0.2, 0.25) is 0 Å². The third-order valence-corrected chi connectivity index (χ3v) is 4.36. The number of allylic oxidation sites excluding steroid dienone is 2. The first kappa shape index (κ1) is 21.7. The molecule has 1 aromatic heterocycles. The van der Waals surface area contributed by atoms with Gasteiger partial charge in [0, 0.05) is 24.9 Å². The summed E-state index contributed by atoms with van der Waals surface area (Å²) in [6.07, 6.45) is 2.03. The predicted octanol–water partition coefficient (Wildman–Crippen LogP) is 2.19. The molecule has 5 nitrogen and oxygen atoms in total. The first-order chi connectivity index (χ1) is 11.6. The molecule has 1 aliphatic heterocycles. The lowest BCUT2D eigenvalue weighted by Crippen LogP contribution is -2.41. The average Bonchev–Trinajstić information content (AvgIpc) is 2.96. The van der Waals surface area contributed by atoms with Crippen molar-refractivity contribution in [3.05, 3.63) is 34.1 Å². The Kier molecular flexibility index (Phi) is 7.26. The molecule has 0 saturated carbocycles. The van der Waals surface area contributed by atoms with Crippen molar-refractivity contribution < 1.29 is 23.6 Å². The summed E-state index contributed by atoms with van der Waals surface area (Å²) in [5, 5.41) is 7.80. The number of furan rings is 1. The zero-order valence-electron chi connectivity index (χ0n) is 16.7. The Morgan fingerprint density at radius 1 is 1.20 bits per heavy atom. The molecular formula is C19H31BO5. The van der Waals surface area contributed by atoms with Gasteiger partial charge in [-0.05, 0) is 47.6 Å². The van der Waals surface area contributed by atoms with Crippen molar-refractivity contribution >= 4 is 19.2 Å². The topological polar surface area (TPSA) is 61.1 Å². The molecule has 0 aliphatic carbocycles. The second-order valence-corrected chi connectivity index (χ2v) is 7.27. The number of aliphatic hydroxyl groups excluding tert-OH is 1. The van der Waals surface area contributed by atoms with Crippen LogP contribution in [0.25, 0.3) is 12.1 Å². The highest BCUT2D eigenvalue weighted by molar-refractivity contribution is 6.68. The number of methoxy groups -OCH3 is 1. The van der Waals surface area contributed by atoms with Gasteiger partial charge >= 0.3 is 7.12 Å². The highest BCUT2D eigenvalue weighted by Gasteiger charge is 2.52. The standard InChI is InChI=1S/C18H27BO4.CH4O/c1-12(2)9-15(16-13(3)10-14(21-16)11-20-8)19-22-17(4,5)18(6,7)23-19;1-2/h9-10H,3,11H2,1-2,4-8H3;2H,1H3/b16-15-;. The maximum Gasteiger partial charge on any atom is 0.498 e. The Hall–Kier alpha value is -1.34. The molecule has 0 atom stereocenters. The monoisotopic (exact) mass is 350 g/mol. The van der Waals surface area contributed by atoms with E-state index in [9.17, 15) is 0 Å². The third kappa shape index (κ3) is 4.85. The number of ether oxygens (including phenoxy) is 1. The lowest BCUT2D eigenvalue weighted by molar-refractivity contribution is 0.00578. The fourth-order valence-electron chi connectivity index (χ4n) is 2.47. The highest BCUT2D eigenvalue weighted by atomic mass is 16.7. The molecule has 1 fully saturated rings. The van der Waals surface area contributed by atoms with E-state index < -0.39 is 18.3 Å². The lowest BCUT2D eigenvalue weighted by Gasteiger charge is -2.32. The lowest BCUT2D eigenvalue weighted by atomic mass is 9.77. The normalized spacial score (nSPS) is 19.2. The molecule has 0 radical (unpaired) electrons. The van der Waals surface area contributed by atoms with Gasteiger partial charge in [-0.1, -0.05) is 18.2 Å². The molecule has 6 heteroatoms. The van der Waals surface area contributed by atoms with Crippen molar-refractivity contribution in [1.29, 1.82) is 0 Å². The van der Waals surface area contributed by atoms with Crippen LogP contribution in [0.3, 0.4) is 0 Å². The molecule has 2 heterocycles. The van der Waals surface area contributed by atoms with Crippen molar-refractivity contribution in [2.24, 2.45) is 0 Å². The van der Waals surface area contributed by atoms with Gasteiger partial charge in [-0.15, -0.1) is 0 Å². The van der Waals surface area contributed by atoms with E-state index in [0.717, 1.165) is 29.1 Å². The zero-order chi connectivity index (χ0) is 19.4. The van der Waals surface area contributed by atoms with Gasteiger partial charge in [0.1, 0.15) is 17.8 Å². The SMILES string of the molecule is C=c1cc(COC)o/c1=C(/C=C(C)C)B1OC(C)(C)C(C)(C)O1.CO. The van der Waals surface area contributed by atoms with Crippen LogP contribution in [-0.2, 0) is 20.7 Å². The van der Waals surface area contributed by atoms with Gasteiger partial charge in [0.15, 0.2) is 0 Å². The van der Waals surface area contributed by atoms with Gasteiger partial charge in [0.05, 0.1) is 11.2 Å². The van der Waals surface area contributed by atoms with Crippen LogP contribution in [0.1, 0.15) is 47.3 Å². The van der Waals surface area contributed by atoms with Gasteiger partial charge in [-0.3, -0.25) is 0 Å². The van der Waals surface area contributed by atoms with Crippen molar-refractivity contribution in [3.8, 4) is 0 Å². The molecule has 140 valence electrons. The van der Waals surface area contributed by atoms with Crippen molar-refractivity contribution in [3.63, 3.8) is 0 Å². The van der Waals surface area contributed by atoms with Gasteiger partial charge in [-0.2, -0.15) is 0 Å². The van der Waals surface area contributed by atoms with E-state index >= 15 is 0 Å². The molecule has 0 unspecified atom stereocenters. The van der Waals surface area contributed by atoms with E-state index in [1.165, 1.54) is 0 Å². The molecule has 0 bridgehead atoms. The smallest absolute Gasteiger partial charge is 0.459 e. The van der Waals surface area contributed by atoms with Crippen LogP contribution >= 0.6 is 0 Å². The summed E-state index contributed by atoms with van der Waals surface area (Å²) in [5.41, 5.74) is 1.88. The Morgan fingerprint density at radius 3 is 2.16 bits per heavy atom. The summed E-state index contributed by atoms with van der Waals surface area (Å²) in [6, 6.07) is 1.89. The fourth-order valence-corrected chi connectivity index (χ4v) is 2.47. The largest absolute Gasteiger partial charge is 0.498 e. The van der Waals surface area contributed by atoms with E-state index in [1.807, 2.05) is 53.7 Å². The summed E-state index contributed by atoms with van der Waals surface area (Å²) in [7, 11) is 2.15. The maximum atomic E-state index is 7.00. The zero-order valence-corrected chi connectivity index (χ0v) is 16.7. The van der Waals surface area contributed by atoms with Crippen LogP contribution in [-0.4, -0.2) is 37.6 Å². The van der Waals surface area contributed by atoms with E-state index in [1.54, 1.807) is 7.11 Å². The molecule has 1 saturated heterocycles. The first-order valence-corrected chi connectivity index (χ1v) is 8.33. The Labute approximate surface area is 151 Å². The number of rotatable bonds is 4. The molecular weight excluding hydrogens is 319 g/mol. The van der Waals surface area contributed by atoms with E-state index in [-0.39, 0.29) is 0 Å². The van der Waals surface area contributed by atoms with Crippen molar-refractivity contribution in [2.75, 3.05) is 14.2 Å². The minimum Gasteiger partial charge on any atom is -0.459 e. The molecule has 0 amide bonds. The number of aliphatic hydroxyl groups is 1. The molecule has 2 rings (SSSR count). The van der Waals surface area contributed by atoms with Crippen LogP contribution in [0, 0.1) is 0 Å². The predicted molar refractivity (Wildman–Crippen MR) is 101 cm³/mol. The van der Waals surface area contributed by atoms with E-state index in [4.69, 9.17) is 23.6 Å². The Balaban J connectivity index is 0.00000151. The highest BCUT2D eigenvalue weighted by Crippen LogP contribution is 2.38. The summed E-state index contributed by atoms with van der Waals surface area (Å²) in [5.74, 6) is 0.740. The van der Waals surface area contributed by atoms with Crippen LogP contribution in [0.4, 0.5) is 0 Å². The van der Waals surface area contributed by atoms with Gasteiger partial charge < -0.3 is 23.6 Å². The van der Waals surface area contributed by atoms with Crippen molar-refractivity contribution in [1.82, 2.24) is 0 Å². The quantitative estimate of drug-likeness (QED) is 0.844. The Morgan fingerprint density at radius 2 is 1.72 bits per heavy atom. The van der Waals surface area contributed by atoms with E-state index in [2.05, 4.69) is 6.58 Å². The summed E-state index contributed by atoms with van der Waals surface area (Å²) in [6.45, 7) is 16.7. The Bertz CT molecular complexity index is 695. The summed E-state index contributed by atoms with van der Waals surface area (Å²) in [4.78, 5) is 0. The second kappa shape index (κ2) is 8.36. The molecule has 0 spiro atoms. The molecule has 0 aromatic carbocycles. The minimum atomic E-state index is -0.489. The van der Waals surface area contributed by atoms with Gasteiger partial charge in [-0.25, -0.2) is 0 Å². The van der Waals surface area contributed by atoms with Crippen LogP contribution < -0.4 is 10.6 Å². The second-order valence-electron chi connectivity index (χ2n) is 7.27. The molecule has 25 heavy (non-hydrogen) atoms. The van der Waals surface area contributed by atoms with E-state index in [0.29, 0.717) is 12.0 Å². The van der Waals surface area contributed by atoms with Crippen LogP contribution in [0.15, 0.2) is 22.1 Å². The minimum absolute atomic E-state index is 0.401. The maximum absolute atomic E-state index is 7.00. The molecule has 1 N–H and O–H groups in total. The van der Waals surface area contributed by atoms with Gasteiger partial charge in [0.25, 0.3) is 0 Å². The molecule has 1 aliphatic rings. The third-order valence-electron chi connectivity index (χ3n) is 4.36. The summed E-state index contributed by atoms with van der Waals surface area (Å²) >= 11 is 0. The average molecular weight is 350 g/mol. The molecule has 1 aromatic rings. The number of hydrogen-bond acceptors (Lipinski definition) is 5. The number of hydrogen-bond donors (Lipinski definition) is 1. The van der Waals surface area contributed by atoms with Crippen molar-refractivity contribution in [2.45, 2.75) is 59.4 Å². The van der Waals surface area contributed by atoms with Crippen LogP contribution in [0.5, 0.6) is 0 Å². The summed E-state index contributed by atoms with van der Waals surface area (Å²) < 4.78 is 23.4. The fraction of sp³-hybridized carbons (Fsp3) is 0.579. The van der Waals surface area contributed by atoms with Gasteiger partial charge in [0.2, 0.25) is 0 Å².